The molecule has 8 heteroatoms. The number of thioether (sulfide) groups is 1. The molecule has 0 spiro atoms. The molecule has 22 heavy (non-hydrogen) atoms. The van der Waals surface area contributed by atoms with Gasteiger partial charge in [0.15, 0.2) is 0 Å². The average Bonchev–Trinajstić information content (AvgIpc) is 2.55. The highest BCUT2D eigenvalue weighted by Gasteiger charge is 2.04. The summed E-state index contributed by atoms with van der Waals surface area (Å²) >= 11 is 1.32. The lowest BCUT2D eigenvalue weighted by Gasteiger charge is -2.07. The lowest BCUT2D eigenvalue weighted by atomic mass is 10.3. The maximum absolute atomic E-state index is 11.8. The first-order valence-electron chi connectivity index (χ1n) is 6.91. The van der Waals surface area contributed by atoms with Crippen LogP contribution in [0.2, 0.25) is 0 Å². The number of aromatic nitrogens is 4. The van der Waals surface area contributed by atoms with Gasteiger partial charge >= 0.3 is 0 Å². The Balaban J connectivity index is 1.74. The van der Waals surface area contributed by atoms with Crippen molar-refractivity contribution >= 4 is 17.7 Å². The van der Waals surface area contributed by atoms with Crippen LogP contribution in [0, 0.1) is 0 Å². The monoisotopic (exact) mass is 319 g/mol. The first-order chi connectivity index (χ1) is 10.7. The second-order valence-electron chi connectivity index (χ2n) is 4.47. The standard InChI is InChI=1S/C14H17N5O2S/c1-2-11-8-14(21)19(10-16-11)7-6-15-12(20)9-22-13-4-3-5-17-18-13/h3-5,8,10H,2,6-7,9H2,1H3,(H,15,20). The van der Waals surface area contributed by atoms with E-state index in [9.17, 15) is 9.59 Å². The maximum Gasteiger partial charge on any atom is 0.253 e. The van der Waals surface area contributed by atoms with E-state index in [4.69, 9.17) is 0 Å². The molecule has 1 N–H and O–H groups in total. The minimum Gasteiger partial charge on any atom is -0.354 e. The second kappa shape index (κ2) is 8.28. The smallest absolute Gasteiger partial charge is 0.253 e. The topological polar surface area (TPSA) is 89.8 Å². The van der Waals surface area contributed by atoms with Crippen molar-refractivity contribution in [2.24, 2.45) is 0 Å². The van der Waals surface area contributed by atoms with Gasteiger partial charge in [0, 0.05) is 31.0 Å². The summed E-state index contributed by atoms with van der Waals surface area (Å²) in [6.45, 7) is 2.73. The van der Waals surface area contributed by atoms with Crippen molar-refractivity contribution in [2.75, 3.05) is 12.3 Å². The summed E-state index contributed by atoms with van der Waals surface area (Å²) in [5.74, 6) is 0.155. The number of amides is 1. The van der Waals surface area contributed by atoms with Gasteiger partial charge in [-0.05, 0) is 18.6 Å². The Kier molecular flexibility index (Phi) is 6.08. The van der Waals surface area contributed by atoms with Gasteiger partial charge in [-0.3, -0.25) is 14.2 Å². The molecule has 2 aromatic heterocycles. The van der Waals surface area contributed by atoms with Crippen molar-refractivity contribution in [3.05, 3.63) is 46.8 Å². The van der Waals surface area contributed by atoms with Gasteiger partial charge < -0.3 is 5.32 Å². The number of aryl methyl sites for hydroxylation is 1. The first-order valence-corrected chi connectivity index (χ1v) is 7.90. The summed E-state index contributed by atoms with van der Waals surface area (Å²) in [6.07, 6.45) is 3.83. The van der Waals surface area contributed by atoms with Crippen LogP contribution in [0.15, 0.2) is 40.5 Å². The van der Waals surface area contributed by atoms with Gasteiger partial charge in [0.1, 0.15) is 5.03 Å². The Labute approximate surface area is 132 Å². The van der Waals surface area contributed by atoms with Crippen LogP contribution < -0.4 is 10.9 Å². The molecule has 2 heterocycles. The van der Waals surface area contributed by atoms with Gasteiger partial charge in [-0.1, -0.05) is 18.7 Å². The lowest BCUT2D eigenvalue weighted by molar-refractivity contribution is -0.118. The zero-order valence-electron chi connectivity index (χ0n) is 12.2. The van der Waals surface area contributed by atoms with E-state index in [1.165, 1.54) is 28.7 Å². The second-order valence-corrected chi connectivity index (χ2v) is 5.46. The van der Waals surface area contributed by atoms with E-state index in [2.05, 4.69) is 20.5 Å². The third-order valence-corrected chi connectivity index (χ3v) is 3.79. The Morgan fingerprint density at radius 2 is 2.32 bits per heavy atom. The fourth-order valence-corrected chi connectivity index (χ4v) is 2.36. The predicted octanol–water partition coefficient (Wildman–Crippen LogP) is 0.504. The molecule has 0 aliphatic heterocycles. The highest BCUT2D eigenvalue weighted by molar-refractivity contribution is 7.99. The third-order valence-electron chi connectivity index (χ3n) is 2.87. The van der Waals surface area contributed by atoms with Crippen LogP contribution in [0.1, 0.15) is 12.6 Å². The van der Waals surface area contributed by atoms with Crippen LogP contribution in [-0.4, -0.2) is 38.0 Å². The molecule has 0 radical (unpaired) electrons. The Morgan fingerprint density at radius 3 is 3.00 bits per heavy atom. The van der Waals surface area contributed by atoms with Crippen molar-refractivity contribution in [1.82, 2.24) is 25.1 Å². The van der Waals surface area contributed by atoms with Crippen LogP contribution in [-0.2, 0) is 17.8 Å². The van der Waals surface area contributed by atoms with Gasteiger partial charge in [0.25, 0.3) is 5.56 Å². The maximum atomic E-state index is 11.8. The van der Waals surface area contributed by atoms with Gasteiger partial charge in [-0.25, -0.2) is 4.98 Å². The van der Waals surface area contributed by atoms with Crippen molar-refractivity contribution < 1.29 is 4.79 Å². The van der Waals surface area contributed by atoms with E-state index < -0.39 is 0 Å². The molecule has 116 valence electrons. The van der Waals surface area contributed by atoms with Crippen LogP contribution in [0.4, 0.5) is 0 Å². The molecule has 0 saturated carbocycles. The minimum atomic E-state index is -0.109. The first kappa shape index (κ1) is 16.2. The van der Waals surface area contributed by atoms with E-state index in [1.54, 1.807) is 18.3 Å². The van der Waals surface area contributed by atoms with Crippen molar-refractivity contribution in [3.63, 3.8) is 0 Å². The molecular formula is C14H17N5O2S. The van der Waals surface area contributed by atoms with Gasteiger partial charge in [0.05, 0.1) is 12.1 Å². The van der Waals surface area contributed by atoms with Crippen LogP contribution in [0.25, 0.3) is 0 Å². The summed E-state index contributed by atoms with van der Waals surface area (Å²) in [5, 5.41) is 11.1. The highest BCUT2D eigenvalue weighted by Crippen LogP contribution is 2.11. The average molecular weight is 319 g/mol. The molecule has 0 aliphatic rings. The summed E-state index contributed by atoms with van der Waals surface area (Å²) in [4.78, 5) is 27.6. The molecule has 2 rings (SSSR count). The SMILES string of the molecule is CCc1cc(=O)n(CCNC(=O)CSc2cccnn2)cn1. The normalized spacial score (nSPS) is 10.4. The van der Waals surface area contributed by atoms with E-state index >= 15 is 0 Å². The third kappa shape index (κ3) is 4.96. The number of hydrogen-bond donors (Lipinski definition) is 1. The Bertz CT molecular complexity index is 674. The number of carbonyl (C=O) groups is 1. The van der Waals surface area contributed by atoms with Crippen LogP contribution in [0.5, 0.6) is 0 Å². The molecule has 0 bridgehead atoms. The summed E-state index contributed by atoms with van der Waals surface area (Å²) in [5.41, 5.74) is 0.667. The fraction of sp³-hybridized carbons (Fsp3) is 0.357. The molecular weight excluding hydrogens is 302 g/mol. The summed E-state index contributed by atoms with van der Waals surface area (Å²) in [6, 6.07) is 5.09. The number of nitrogens with zero attached hydrogens (tertiary/aromatic N) is 4. The number of hydrogen-bond acceptors (Lipinski definition) is 6. The molecule has 7 nitrogen and oxygen atoms in total. The highest BCUT2D eigenvalue weighted by atomic mass is 32.2. The van der Waals surface area contributed by atoms with Crippen molar-refractivity contribution in [3.8, 4) is 0 Å². The van der Waals surface area contributed by atoms with Gasteiger partial charge in [-0.2, -0.15) is 5.10 Å². The van der Waals surface area contributed by atoms with E-state index in [0.717, 1.165) is 12.1 Å². The molecule has 1 amide bonds. The predicted molar refractivity (Wildman–Crippen MR) is 83.6 cm³/mol. The minimum absolute atomic E-state index is 0.102. The fourth-order valence-electron chi connectivity index (χ4n) is 1.70. The zero-order chi connectivity index (χ0) is 15.8. The van der Waals surface area contributed by atoms with Crippen LogP contribution in [0.3, 0.4) is 0 Å². The molecule has 0 unspecified atom stereocenters. The number of carbonyl (C=O) groups excluding carboxylic acids is 1. The van der Waals surface area contributed by atoms with Crippen molar-refractivity contribution in [2.45, 2.75) is 24.9 Å². The van der Waals surface area contributed by atoms with Crippen LogP contribution >= 0.6 is 11.8 Å². The van der Waals surface area contributed by atoms with Crippen molar-refractivity contribution in [1.29, 1.82) is 0 Å². The quantitative estimate of drug-likeness (QED) is 0.748. The van der Waals surface area contributed by atoms with E-state index in [-0.39, 0.29) is 17.2 Å². The lowest BCUT2D eigenvalue weighted by Crippen LogP contribution is -2.31. The Morgan fingerprint density at radius 1 is 1.45 bits per heavy atom. The number of rotatable bonds is 7. The summed E-state index contributed by atoms with van der Waals surface area (Å²) < 4.78 is 1.48. The number of nitrogens with one attached hydrogen (secondary N) is 1. The molecule has 0 aliphatic carbocycles. The molecule has 0 atom stereocenters. The molecule has 0 saturated heterocycles. The van der Waals surface area contributed by atoms with Gasteiger partial charge in [-0.15, -0.1) is 5.10 Å². The van der Waals surface area contributed by atoms with E-state index in [0.29, 0.717) is 18.1 Å². The van der Waals surface area contributed by atoms with Gasteiger partial charge in [0.2, 0.25) is 5.91 Å². The Hall–Kier alpha value is -2.22. The molecule has 2 aromatic rings. The molecule has 0 aromatic carbocycles. The summed E-state index contributed by atoms with van der Waals surface area (Å²) in [7, 11) is 0. The van der Waals surface area contributed by atoms with E-state index in [1.807, 2.05) is 6.92 Å². The molecule has 0 fully saturated rings. The zero-order valence-corrected chi connectivity index (χ0v) is 13.0. The largest absolute Gasteiger partial charge is 0.354 e.